The average Bonchev–Trinajstić information content (AvgIpc) is 3.18. The molecule has 0 spiro atoms. The van der Waals surface area contributed by atoms with Gasteiger partial charge in [0.05, 0.1) is 12.0 Å². The second-order valence-electron chi connectivity index (χ2n) is 7.50. The number of hydrogen-bond acceptors (Lipinski definition) is 2. The number of aromatic amines is 1. The number of para-hydroxylation sites is 1. The zero-order valence-corrected chi connectivity index (χ0v) is 16.0. The second kappa shape index (κ2) is 7.89. The molecule has 0 saturated carbocycles. The fourth-order valence-electron chi connectivity index (χ4n) is 3.89. The van der Waals surface area contributed by atoms with Gasteiger partial charge in [0.25, 0.3) is 5.91 Å². The number of carbonyl (C=O) groups is 2. The Hall–Kier alpha value is -3.08. The van der Waals surface area contributed by atoms with Gasteiger partial charge in [0, 0.05) is 24.0 Å². The van der Waals surface area contributed by atoms with Crippen LogP contribution in [0.25, 0.3) is 10.9 Å². The number of fused-ring (bicyclic) bond motifs is 1. The van der Waals surface area contributed by atoms with Crippen LogP contribution in [0.1, 0.15) is 41.9 Å². The van der Waals surface area contributed by atoms with E-state index in [1.165, 1.54) is 0 Å². The molecule has 1 aromatic heterocycles. The first-order chi connectivity index (χ1) is 13.6. The highest BCUT2D eigenvalue weighted by molar-refractivity contribution is 5.98. The number of hydrogen-bond donors (Lipinski definition) is 2. The topological polar surface area (TPSA) is 65.2 Å². The summed E-state index contributed by atoms with van der Waals surface area (Å²) in [6.45, 7) is 3.14. The third-order valence-corrected chi connectivity index (χ3v) is 5.50. The summed E-state index contributed by atoms with van der Waals surface area (Å²) in [7, 11) is 0. The van der Waals surface area contributed by atoms with Gasteiger partial charge in [-0.15, -0.1) is 0 Å². The van der Waals surface area contributed by atoms with E-state index in [9.17, 15) is 9.59 Å². The Balaban J connectivity index is 1.42. The summed E-state index contributed by atoms with van der Waals surface area (Å²) >= 11 is 0. The Morgan fingerprint density at radius 1 is 1.11 bits per heavy atom. The number of benzene rings is 2. The van der Waals surface area contributed by atoms with Crippen molar-refractivity contribution in [2.45, 2.75) is 25.8 Å². The second-order valence-corrected chi connectivity index (χ2v) is 7.50. The molecule has 28 heavy (non-hydrogen) atoms. The predicted octanol–water partition coefficient (Wildman–Crippen LogP) is 3.90. The molecule has 2 unspecified atom stereocenters. The Kier molecular flexibility index (Phi) is 5.15. The monoisotopic (exact) mass is 375 g/mol. The van der Waals surface area contributed by atoms with Gasteiger partial charge in [0.2, 0.25) is 5.91 Å². The van der Waals surface area contributed by atoms with E-state index in [-0.39, 0.29) is 23.8 Å². The highest BCUT2D eigenvalue weighted by atomic mass is 16.2. The molecule has 144 valence electrons. The van der Waals surface area contributed by atoms with E-state index in [0.29, 0.717) is 18.8 Å². The number of H-pyrrole nitrogens is 1. The summed E-state index contributed by atoms with van der Waals surface area (Å²) in [6, 6.07) is 19.6. The largest absolute Gasteiger partial charge is 0.351 e. The van der Waals surface area contributed by atoms with Gasteiger partial charge < -0.3 is 15.2 Å². The van der Waals surface area contributed by atoms with Gasteiger partial charge in [-0.1, -0.05) is 48.5 Å². The summed E-state index contributed by atoms with van der Waals surface area (Å²) in [4.78, 5) is 30.7. The molecule has 1 aliphatic heterocycles. The molecule has 0 aliphatic carbocycles. The van der Waals surface area contributed by atoms with Crippen LogP contribution in [0.4, 0.5) is 0 Å². The lowest BCUT2D eigenvalue weighted by molar-refractivity contribution is -0.127. The maximum atomic E-state index is 12.9. The summed E-state index contributed by atoms with van der Waals surface area (Å²) in [5.41, 5.74) is 2.62. The molecule has 2 atom stereocenters. The first-order valence-corrected chi connectivity index (χ1v) is 9.84. The van der Waals surface area contributed by atoms with Crippen LogP contribution in [0, 0.1) is 5.92 Å². The Morgan fingerprint density at radius 2 is 1.86 bits per heavy atom. The van der Waals surface area contributed by atoms with Gasteiger partial charge in [0.15, 0.2) is 0 Å². The lowest BCUT2D eigenvalue weighted by atomic mass is 9.96. The van der Waals surface area contributed by atoms with Gasteiger partial charge in [-0.3, -0.25) is 9.59 Å². The zero-order valence-electron chi connectivity index (χ0n) is 16.0. The number of nitrogens with one attached hydrogen (secondary N) is 2. The van der Waals surface area contributed by atoms with Crippen LogP contribution in [0.2, 0.25) is 0 Å². The van der Waals surface area contributed by atoms with Crippen LogP contribution in [0.5, 0.6) is 0 Å². The first-order valence-electron chi connectivity index (χ1n) is 9.84. The van der Waals surface area contributed by atoms with Gasteiger partial charge in [-0.05, 0) is 37.5 Å². The number of likely N-dealkylation sites (tertiary alicyclic amines) is 1. The van der Waals surface area contributed by atoms with E-state index in [0.717, 1.165) is 29.3 Å². The molecule has 1 aliphatic rings. The fourth-order valence-corrected chi connectivity index (χ4v) is 3.89. The van der Waals surface area contributed by atoms with E-state index in [1.807, 2.05) is 67.6 Å². The maximum absolute atomic E-state index is 12.9. The molecule has 3 aromatic rings. The van der Waals surface area contributed by atoms with Gasteiger partial charge >= 0.3 is 0 Å². The van der Waals surface area contributed by atoms with E-state index in [4.69, 9.17) is 0 Å². The molecule has 4 rings (SSSR count). The van der Waals surface area contributed by atoms with Crippen molar-refractivity contribution < 1.29 is 9.59 Å². The predicted molar refractivity (Wildman–Crippen MR) is 110 cm³/mol. The van der Waals surface area contributed by atoms with Crippen LogP contribution in [-0.4, -0.2) is 34.8 Å². The van der Waals surface area contributed by atoms with E-state index >= 15 is 0 Å². The highest BCUT2D eigenvalue weighted by Crippen LogP contribution is 2.22. The average molecular weight is 375 g/mol. The van der Waals surface area contributed by atoms with Crippen molar-refractivity contribution in [3.8, 4) is 0 Å². The van der Waals surface area contributed by atoms with Gasteiger partial charge in [0.1, 0.15) is 5.69 Å². The third kappa shape index (κ3) is 3.79. The minimum absolute atomic E-state index is 0.0190. The molecule has 2 amide bonds. The Labute approximate surface area is 164 Å². The molecule has 5 nitrogen and oxygen atoms in total. The molecular weight excluding hydrogens is 350 g/mol. The smallest absolute Gasteiger partial charge is 0.270 e. The molecule has 2 heterocycles. The maximum Gasteiger partial charge on any atom is 0.270 e. The molecule has 0 bridgehead atoms. The lowest BCUT2D eigenvalue weighted by Crippen LogP contribution is -2.46. The molecule has 2 aromatic carbocycles. The van der Waals surface area contributed by atoms with Gasteiger partial charge in [-0.25, -0.2) is 0 Å². The molecule has 1 fully saturated rings. The molecule has 0 radical (unpaired) electrons. The Morgan fingerprint density at radius 3 is 2.64 bits per heavy atom. The zero-order chi connectivity index (χ0) is 19.5. The number of aromatic nitrogens is 1. The van der Waals surface area contributed by atoms with Crippen molar-refractivity contribution >= 4 is 22.7 Å². The summed E-state index contributed by atoms with van der Waals surface area (Å²) in [6.07, 6.45) is 1.65. The Bertz CT molecular complexity index is 947. The minimum Gasteiger partial charge on any atom is -0.351 e. The van der Waals surface area contributed by atoms with Crippen molar-refractivity contribution in [2.75, 3.05) is 13.1 Å². The molecule has 2 N–H and O–H groups in total. The molecule has 1 saturated heterocycles. The van der Waals surface area contributed by atoms with E-state index in [1.54, 1.807) is 4.90 Å². The van der Waals surface area contributed by atoms with E-state index in [2.05, 4.69) is 10.3 Å². The number of amides is 2. The van der Waals surface area contributed by atoms with Crippen LogP contribution in [-0.2, 0) is 4.79 Å². The van der Waals surface area contributed by atoms with Crippen LogP contribution < -0.4 is 5.32 Å². The van der Waals surface area contributed by atoms with E-state index < -0.39 is 0 Å². The quantitative estimate of drug-likeness (QED) is 0.726. The number of rotatable bonds is 4. The molecular formula is C23H25N3O2. The van der Waals surface area contributed by atoms with Crippen molar-refractivity contribution in [3.05, 3.63) is 71.9 Å². The van der Waals surface area contributed by atoms with Crippen LogP contribution >= 0.6 is 0 Å². The molecule has 5 heteroatoms. The van der Waals surface area contributed by atoms with Gasteiger partial charge in [-0.2, -0.15) is 0 Å². The number of nitrogens with zero attached hydrogens (tertiary/aromatic N) is 1. The SMILES string of the molecule is CC(NC(=O)C1CCCN(C(=O)c2cc3ccccc3[nH]2)C1)c1ccccc1. The lowest BCUT2D eigenvalue weighted by Gasteiger charge is -2.32. The standard InChI is InChI=1S/C23H25N3O2/c1-16(17-8-3-2-4-9-17)24-22(27)19-11-7-13-26(15-19)23(28)21-14-18-10-5-6-12-20(18)25-21/h2-6,8-10,12,14,16,19,25H,7,11,13,15H2,1H3,(H,24,27). The van der Waals surface area contributed by atoms with Crippen molar-refractivity contribution in [1.82, 2.24) is 15.2 Å². The van der Waals surface area contributed by atoms with Crippen LogP contribution in [0.3, 0.4) is 0 Å². The normalized spacial score (nSPS) is 18.0. The number of piperidine rings is 1. The summed E-state index contributed by atoms with van der Waals surface area (Å²) in [5, 5.41) is 4.12. The van der Waals surface area contributed by atoms with Crippen molar-refractivity contribution in [3.63, 3.8) is 0 Å². The summed E-state index contributed by atoms with van der Waals surface area (Å²) < 4.78 is 0. The summed E-state index contributed by atoms with van der Waals surface area (Å²) in [5.74, 6) is -0.191. The minimum atomic E-state index is -0.173. The van der Waals surface area contributed by atoms with Crippen molar-refractivity contribution in [2.24, 2.45) is 5.92 Å². The third-order valence-electron chi connectivity index (χ3n) is 5.50. The fraction of sp³-hybridized carbons (Fsp3) is 0.304. The number of carbonyl (C=O) groups excluding carboxylic acids is 2. The highest BCUT2D eigenvalue weighted by Gasteiger charge is 2.30. The van der Waals surface area contributed by atoms with Crippen LogP contribution in [0.15, 0.2) is 60.7 Å². The van der Waals surface area contributed by atoms with Crippen molar-refractivity contribution in [1.29, 1.82) is 0 Å². The first kappa shape index (κ1) is 18.3.